The lowest BCUT2D eigenvalue weighted by Gasteiger charge is -2.20. The van der Waals surface area contributed by atoms with Crippen molar-refractivity contribution >= 4 is 40.3 Å². The molecule has 0 atom stereocenters. The summed E-state index contributed by atoms with van der Waals surface area (Å²) in [5, 5.41) is 7.75. The number of anilines is 2. The van der Waals surface area contributed by atoms with Crippen LogP contribution in [0.25, 0.3) is 5.65 Å². The van der Waals surface area contributed by atoms with Gasteiger partial charge in [-0.1, -0.05) is 18.2 Å². The van der Waals surface area contributed by atoms with E-state index in [0.29, 0.717) is 18.7 Å². The Hall–Kier alpha value is -3.65. The third-order valence-corrected chi connectivity index (χ3v) is 5.96. The van der Waals surface area contributed by atoms with Crippen molar-refractivity contribution in [2.45, 2.75) is 26.9 Å². The third kappa shape index (κ3) is 4.81. The van der Waals surface area contributed by atoms with E-state index in [1.807, 2.05) is 72.4 Å². The van der Waals surface area contributed by atoms with Crippen LogP contribution in [0.4, 0.5) is 11.5 Å². The van der Waals surface area contributed by atoms with Crippen LogP contribution in [-0.4, -0.2) is 28.2 Å². The number of benzene rings is 1. The van der Waals surface area contributed by atoms with Gasteiger partial charge in [-0.2, -0.15) is 0 Å². The molecular weight excluding hydrogens is 422 g/mol. The summed E-state index contributed by atoms with van der Waals surface area (Å²) in [7, 11) is 2.00. The number of imidazole rings is 1. The highest BCUT2D eigenvalue weighted by Crippen LogP contribution is 2.24. The molecule has 0 saturated carbocycles. The van der Waals surface area contributed by atoms with E-state index in [4.69, 9.17) is 0 Å². The summed E-state index contributed by atoms with van der Waals surface area (Å²) in [6.07, 6.45) is 1.84. The van der Waals surface area contributed by atoms with Crippen LogP contribution in [0.1, 0.15) is 33.4 Å². The number of fused-ring (bicyclic) bond motifs is 1. The van der Waals surface area contributed by atoms with Gasteiger partial charge in [0.15, 0.2) is 0 Å². The lowest BCUT2D eigenvalue weighted by molar-refractivity contribution is -0.114. The molecule has 3 heterocycles. The molecule has 0 bridgehead atoms. The number of carbonyl (C=O) groups excluding carboxylic acids is 2. The number of carbonyl (C=O) groups is 2. The molecule has 0 fully saturated rings. The molecule has 0 spiro atoms. The zero-order chi connectivity index (χ0) is 22.7. The molecule has 0 aliphatic carbocycles. The molecule has 7 nitrogen and oxygen atoms in total. The Morgan fingerprint density at radius 1 is 1.12 bits per heavy atom. The third-order valence-electron chi connectivity index (χ3n) is 5.08. The molecule has 0 saturated heterocycles. The van der Waals surface area contributed by atoms with E-state index in [1.54, 1.807) is 17.4 Å². The summed E-state index contributed by atoms with van der Waals surface area (Å²) in [6, 6.07) is 15.4. The quantitative estimate of drug-likeness (QED) is 0.444. The SMILES string of the molecule is CC(=O)Nc1ccc(CN(C)c2c(C)nc3ccc(C(=O)NCc4cccs4)cn23)cc1. The fourth-order valence-electron chi connectivity index (χ4n) is 3.67. The molecule has 4 rings (SSSR count). The van der Waals surface area contributed by atoms with E-state index in [0.717, 1.165) is 33.3 Å². The molecule has 4 aromatic rings. The Kier molecular flexibility index (Phi) is 6.23. The highest BCUT2D eigenvalue weighted by Gasteiger charge is 2.16. The summed E-state index contributed by atoms with van der Waals surface area (Å²) in [5.74, 6) is 0.721. The van der Waals surface area contributed by atoms with Gasteiger partial charge in [-0.05, 0) is 48.2 Å². The highest BCUT2D eigenvalue weighted by atomic mass is 32.1. The second kappa shape index (κ2) is 9.23. The number of rotatable bonds is 7. The lowest BCUT2D eigenvalue weighted by Crippen LogP contribution is -2.23. The number of thiophene rings is 1. The largest absolute Gasteiger partial charge is 0.355 e. The molecule has 1 aromatic carbocycles. The van der Waals surface area contributed by atoms with E-state index >= 15 is 0 Å². The molecule has 0 unspecified atom stereocenters. The first-order valence-corrected chi connectivity index (χ1v) is 11.2. The van der Waals surface area contributed by atoms with E-state index in [1.165, 1.54) is 6.92 Å². The number of nitrogens with one attached hydrogen (secondary N) is 2. The predicted molar refractivity (Wildman–Crippen MR) is 128 cm³/mol. The second-order valence-electron chi connectivity index (χ2n) is 7.66. The minimum absolute atomic E-state index is 0.0912. The highest BCUT2D eigenvalue weighted by molar-refractivity contribution is 7.09. The number of hydrogen-bond acceptors (Lipinski definition) is 5. The van der Waals surface area contributed by atoms with Gasteiger partial charge < -0.3 is 15.5 Å². The van der Waals surface area contributed by atoms with E-state index in [-0.39, 0.29) is 11.8 Å². The van der Waals surface area contributed by atoms with Crippen LogP contribution in [0.5, 0.6) is 0 Å². The van der Waals surface area contributed by atoms with Gasteiger partial charge in [-0.3, -0.25) is 14.0 Å². The van der Waals surface area contributed by atoms with Crippen molar-refractivity contribution in [2.75, 3.05) is 17.3 Å². The number of pyridine rings is 1. The molecule has 0 aliphatic heterocycles. The van der Waals surface area contributed by atoms with Crippen molar-refractivity contribution in [3.05, 3.63) is 81.8 Å². The van der Waals surface area contributed by atoms with Crippen molar-refractivity contribution in [1.29, 1.82) is 0 Å². The summed E-state index contributed by atoms with van der Waals surface area (Å²) >= 11 is 1.62. The number of aromatic nitrogens is 2. The van der Waals surface area contributed by atoms with Gasteiger partial charge >= 0.3 is 0 Å². The lowest BCUT2D eigenvalue weighted by atomic mass is 10.2. The minimum atomic E-state index is -0.117. The average Bonchev–Trinajstić information content (AvgIpc) is 3.39. The number of nitrogens with zero attached hydrogens (tertiary/aromatic N) is 3. The van der Waals surface area contributed by atoms with Gasteiger partial charge in [0.2, 0.25) is 5.91 Å². The van der Waals surface area contributed by atoms with Gasteiger partial charge in [0.25, 0.3) is 5.91 Å². The molecule has 8 heteroatoms. The first-order valence-electron chi connectivity index (χ1n) is 10.3. The Balaban J connectivity index is 1.53. The Morgan fingerprint density at radius 2 is 1.91 bits per heavy atom. The molecule has 0 radical (unpaired) electrons. The summed E-state index contributed by atoms with van der Waals surface area (Å²) in [6.45, 7) is 4.63. The maximum Gasteiger partial charge on any atom is 0.253 e. The van der Waals surface area contributed by atoms with Crippen molar-refractivity contribution in [1.82, 2.24) is 14.7 Å². The second-order valence-corrected chi connectivity index (χ2v) is 8.70. The van der Waals surface area contributed by atoms with Crippen molar-refractivity contribution in [3.63, 3.8) is 0 Å². The molecular formula is C24H25N5O2S. The van der Waals surface area contributed by atoms with E-state index in [9.17, 15) is 9.59 Å². The summed E-state index contributed by atoms with van der Waals surface area (Å²) in [5.41, 5.74) is 4.13. The normalized spacial score (nSPS) is 10.8. The fraction of sp³-hybridized carbons (Fsp3) is 0.208. The van der Waals surface area contributed by atoms with Crippen molar-refractivity contribution in [2.24, 2.45) is 0 Å². The average molecular weight is 448 g/mol. The van der Waals surface area contributed by atoms with Gasteiger partial charge in [-0.15, -0.1) is 11.3 Å². The Bertz CT molecular complexity index is 1250. The van der Waals surface area contributed by atoms with Crippen LogP contribution in [0.15, 0.2) is 60.1 Å². The summed E-state index contributed by atoms with van der Waals surface area (Å²) < 4.78 is 1.96. The Labute approximate surface area is 190 Å². The Morgan fingerprint density at radius 3 is 2.59 bits per heavy atom. The molecule has 0 aliphatic rings. The molecule has 164 valence electrons. The minimum Gasteiger partial charge on any atom is -0.355 e. The van der Waals surface area contributed by atoms with Crippen LogP contribution in [0, 0.1) is 6.92 Å². The molecule has 3 aromatic heterocycles. The number of amides is 2. The maximum atomic E-state index is 12.7. The van der Waals surface area contributed by atoms with Crippen LogP contribution in [-0.2, 0) is 17.9 Å². The van der Waals surface area contributed by atoms with E-state index < -0.39 is 0 Å². The van der Waals surface area contributed by atoms with Gasteiger partial charge in [0, 0.05) is 37.3 Å². The number of aryl methyl sites for hydroxylation is 1. The zero-order valence-electron chi connectivity index (χ0n) is 18.3. The molecule has 2 N–H and O–H groups in total. The summed E-state index contributed by atoms with van der Waals surface area (Å²) in [4.78, 5) is 31.8. The first-order chi connectivity index (χ1) is 15.4. The van der Waals surface area contributed by atoms with Gasteiger partial charge in [0.1, 0.15) is 11.5 Å². The topological polar surface area (TPSA) is 78.7 Å². The van der Waals surface area contributed by atoms with Gasteiger partial charge in [0.05, 0.1) is 17.8 Å². The predicted octanol–water partition coefficient (Wildman–Crippen LogP) is 4.23. The van der Waals surface area contributed by atoms with Crippen molar-refractivity contribution < 1.29 is 9.59 Å². The van der Waals surface area contributed by atoms with Crippen LogP contribution in [0.2, 0.25) is 0 Å². The van der Waals surface area contributed by atoms with Crippen LogP contribution < -0.4 is 15.5 Å². The van der Waals surface area contributed by atoms with E-state index in [2.05, 4.69) is 20.5 Å². The fourth-order valence-corrected chi connectivity index (χ4v) is 4.32. The standard InChI is InChI=1S/C24H25N5O2S/c1-16-24(28(3)14-18-6-9-20(10-7-18)27-17(2)30)29-15-19(8-11-22(29)26-16)23(31)25-13-21-5-4-12-32-21/h4-12,15H,13-14H2,1-3H3,(H,25,31)(H,27,30). The first kappa shape index (κ1) is 21.6. The van der Waals surface area contributed by atoms with Crippen LogP contribution >= 0.6 is 11.3 Å². The smallest absolute Gasteiger partial charge is 0.253 e. The van der Waals surface area contributed by atoms with Crippen molar-refractivity contribution in [3.8, 4) is 0 Å². The number of hydrogen-bond donors (Lipinski definition) is 2. The zero-order valence-corrected chi connectivity index (χ0v) is 19.1. The van der Waals surface area contributed by atoms with Crippen LogP contribution in [0.3, 0.4) is 0 Å². The van der Waals surface area contributed by atoms with Gasteiger partial charge in [-0.25, -0.2) is 4.98 Å². The monoisotopic (exact) mass is 447 g/mol. The maximum absolute atomic E-state index is 12.7. The molecule has 32 heavy (non-hydrogen) atoms. The molecule has 2 amide bonds.